The molecule has 1 unspecified atom stereocenters. The molecule has 1 aromatic carbocycles. The van der Waals surface area contributed by atoms with E-state index in [1.807, 2.05) is 0 Å². The lowest BCUT2D eigenvalue weighted by Crippen LogP contribution is -2.37. The largest absolute Gasteiger partial charge is 0.508 e. The van der Waals surface area contributed by atoms with Crippen molar-refractivity contribution in [2.24, 2.45) is 0 Å². The van der Waals surface area contributed by atoms with E-state index in [9.17, 15) is 19.5 Å². The Morgan fingerprint density at radius 1 is 1.55 bits per heavy atom. The number of amides is 2. The molecule has 20 heavy (non-hydrogen) atoms. The summed E-state index contributed by atoms with van der Waals surface area (Å²) in [6.45, 7) is 0.192. The molecule has 2 N–H and O–H groups in total. The van der Waals surface area contributed by atoms with Gasteiger partial charge in [-0.25, -0.2) is 0 Å². The molecule has 0 spiro atoms. The van der Waals surface area contributed by atoms with E-state index in [4.69, 9.17) is 0 Å². The number of benzene rings is 1. The van der Waals surface area contributed by atoms with Crippen molar-refractivity contribution >= 4 is 18.1 Å². The second-order valence-corrected chi connectivity index (χ2v) is 4.65. The maximum atomic E-state index is 12.2. The van der Waals surface area contributed by atoms with Crippen LogP contribution in [0.25, 0.3) is 0 Å². The highest BCUT2D eigenvalue weighted by atomic mass is 16.3. The number of carbonyl (C=O) groups is 3. The molecule has 0 fully saturated rings. The highest BCUT2D eigenvalue weighted by Gasteiger charge is 2.34. The minimum atomic E-state index is -0.661. The first-order chi connectivity index (χ1) is 9.58. The van der Waals surface area contributed by atoms with Gasteiger partial charge in [0.2, 0.25) is 5.91 Å². The third-order valence-electron chi connectivity index (χ3n) is 3.47. The van der Waals surface area contributed by atoms with Crippen molar-refractivity contribution in [1.82, 2.24) is 10.2 Å². The molecule has 106 valence electrons. The van der Waals surface area contributed by atoms with Crippen LogP contribution in [-0.4, -0.2) is 41.2 Å². The molecule has 1 aliphatic rings. The number of phenols is 1. The normalized spacial score (nSPS) is 14.8. The van der Waals surface area contributed by atoms with Crippen LogP contribution in [0.5, 0.6) is 5.75 Å². The Bertz CT molecular complexity index is 556. The molecule has 1 aliphatic heterocycles. The van der Waals surface area contributed by atoms with E-state index < -0.39 is 6.04 Å². The van der Waals surface area contributed by atoms with Crippen molar-refractivity contribution in [3.63, 3.8) is 0 Å². The van der Waals surface area contributed by atoms with Crippen LogP contribution in [0.4, 0.5) is 0 Å². The fourth-order valence-electron chi connectivity index (χ4n) is 2.31. The average Bonchev–Trinajstić information content (AvgIpc) is 2.79. The monoisotopic (exact) mass is 276 g/mol. The van der Waals surface area contributed by atoms with Crippen LogP contribution in [0.15, 0.2) is 18.2 Å². The first-order valence-corrected chi connectivity index (χ1v) is 6.36. The Labute approximate surface area is 116 Å². The van der Waals surface area contributed by atoms with Gasteiger partial charge in [0.25, 0.3) is 5.91 Å². The lowest BCUT2D eigenvalue weighted by atomic mass is 10.1. The number of hydrogen-bond donors (Lipinski definition) is 2. The van der Waals surface area contributed by atoms with Crippen molar-refractivity contribution in [3.8, 4) is 5.75 Å². The number of hydrogen-bond acceptors (Lipinski definition) is 4. The van der Waals surface area contributed by atoms with Gasteiger partial charge in [0.05, 0.1) is 12.6 Å². The van der Waals surface area contributed by atoms with Gasteiger partial charge in [-0.3, -0.25) is 9.59 Å². The van der Waals surface area contributed by atoms with Gasteiger partial charge in [0.15, 0.2) is 0 Å². The fourth-order valence-corrected chi connectivity index (χ4v) is 2.31. The fraction of sp³-hybridized carbons (Fsp3) is 0.357. The van der Waals surface area contributed by atoms with Gasteiger partial charge < -0.3 is 20.1 Å². The van der Waals surface area contributed by atoms with Crippen LogP contribution in [0.1, 0.15) is 28.8 Å². The summed E-state index contributed by atoms with van der Waals surface area (Å²) in [6.07, 6.45) is 1.11. The lowest BCUT2D eigenvalue weighted by molar-refractivity contribution is -0.121. The molecule has 0 radical (unpaired) electrons. The number of fused-ring (bicyclic) bond motifs is 1. The quantitative estimate of drug-likeness (QED) is 0.764. The van der Waals surface area contributed by atoms with Crippen LogP contribution < -0.4 is 5.32 Å². The van der Waals surface area contributed by atoms with E-state index in [2.05, 4.69) is 5.32 Å². The molecular formula is C14H16N2O4. The van der Waals surface area contributed by atoms with E-state index >= 15 is 0 Å². The van der Waals surface area contributed by atoms with Crippen molar-refractivity contribution < 1.29 is 19.5 Å². The maximum absolute atomic E-state index is 12.2. The van der Waals surface area contributed by atoms with Crippen molar-refractivity contribution in [2.75, 3.05) is 7.05 Å². The Kier molecular flexibility index (Phi) is 4.02. The minimum absolute atomic E-state index is 0.0503. The number of nitrogens with one attached hydrogen (secondary N) is 1. The molecule has 2 amide bonds. The number of nitrogens with zero attached hydrogens (tertiary/aromatic N) is 1. The molecule has 1 heterocycles. The second-order valence-electron chi connectivity index (χ2n) is 4.65. The Morgan fingerprint density at radius 2 is 2.30 bits per heavy atom. The third kappa shape index (κ3) is 2.49. The maximum Gasteiger partial charge on any atom is 0.255 e. The summed E-state index contributed by atoms with van der Waals surface area (Å²) in [5, 5.41) is 12.2. The molecular weight excluding hydrogens is 260 g/mol. The SMILES string of the molecule is CNC(=O)CCC(C=O)N1Cc2c(O)cccc2C1=O. The Balaban J connectivity index is 2.14. The molecule has 0 saturated carbocycles. The number of rotatable bonds is 5. The van der Waals surface area contributed by atoms with E-state index in [1.165, 1.54) is 18.0 Å². The van der Waals surface area contributed by atoms with E-state index in [0.29, 0.717) is 17.4 Å². The Hall–Kier alpha value is -2.37. The topological polar surface area (TPSA) is 86.7 Å². The van der Waals surface area contributed by atoms with Gasteiger partial charge in [-0.2, -0.15) is 0 Å². The summed E-state index contributed by atoms with van der Waals surface area (Å²) in [4.78, 5) is 36.0. The van der Waals surface area contributed by atoms with Gasteiger partial charge in [-0.1, -0.05) is 6.07 Å². The third-order valence-corrected chi connectivity index (χ3v) is 3.47. The van der Waals surface area contributed by atoms with Gasteiger partial charge in [-0.15, -0.1) is 0 Å². The highest BCUT2D eigenvalue weighted by molar-refractivity contribution is 6.00. The van der Waals surface area contributed by atoms with E-state index in [0.717, 1.165) is 0 Å². The van der Waals surface area contributed by atoms with Crippen LogP contribution in [0.2, 0.25) is 0 Å². The molecule has 6 nitrogen and oxygen atoms in total. The average molecular weight is 276 g/mol. The van der Waals surface area contributed by atoms with E-state index in [1.54, 1.807) is 12.1 Å². The predicted octanol–water partition coefficient (Wildman–Crippen LogP) is 0.442. The first kappa shape index (κ1) is 14.0. The molecule has 6 heteroatoms. The molecule has 1 aromatic rings. The summed E-state index contributed by atoms with van der Waals surface area (Å²) in [5.41, 5.74) is 0.945. The molecule has 2 rings (SSSR count). The number of aromatic hydroxyl groups is 1. The zero-order valence-corrected chi connectivity index (χ0v) is 11.1. The summed E-state index contributed by atoms with van der Waals surface area (Å²) < 4.78 is 0. The molecule has 0 saturated heterocycles. The van der Waals surface area contributed by atoms with Crippen LogP contribution in [0, 0.1) is 0 Å². The lowest BCUT2D eigenvalue weighted by Gasteiger charge is -2.22. The van der Waals surface area contributed by atoms with Crippen molar-refractivity contribution in [3.05, 3.63) is 29.3 Å². The molecule has 0 aliphatic carbocycles. The standard InChI is InChI=1S/C14H16N2O4/c1-15-13(19)6-5-9(8-17)16-7-11-10(14(16)20)3-2-4-12(11)18/h2-4,8-9,18H,5-7H2,1H3,(H,15,19). The van der Waals surface area contributed by atoms with Gasteiger partial charge in [-0.05, 0) is 18.6 Å². The summed E-state index contributed by atoms with van der Waals surface area (Å²) in [6, 6.07) is 4.07. The number of aldehydes is 1. The van der Waals surface area contributed by atoms with E-state index in [-0.39, 0.29) is 37.0 Å². The number of carbonyl (C=O) groups excluding carboxylic acids is 3. The first-order valence-electron chi connectivity index (χ1n) is 6.36. The highest BCUT2D eigenvalue weighted by Crippen LogP contribution is 2.31. The summed E-state index contributed by atoms with van der Waals surface area (Å²) in [7, 11) is 1.52. The van der Waals surface area contributed by atoms with Crippen LogP contribution >= 0.6 is 0 Å². The van der Waals surface area contributed by atoms with Gasteiger partial charge in [0, 0.05) is 24.6 Å². The predicted molar refractivity (Wildman–Crippen MR) is 71.1 cm³/mol. The van der Waals surface area contributed by atoms with Gasteiger partial charge >= 0.3 is 0 Å². The second kappa shape index (κ2) is 5.73. The van der Waals surface area contributed by atoms with Crippen molar-refractivity contribution in [1.29, 1.82) is 0 Å². The van der Waals surface area contributed by atoms with Crippen molar-refractivity contribution in [2.45, 2.75) is 25.4 Å². The van der Waals surface area contributed by atoms with Crippen LogP contribution in [0.3, 0.4) is 0 Å². The van der Waals surface area contributed by atoms with Crippen LogP contribution in [-0.2, 0) is 16.1 Å². The summed E-state index contributed by atoms with van der Waals surface area (Å²) >= 11 is 0. The minimum Gasteiger partial charge on any atom is -0.508 e. The molecule has 1 atom stereocenters. The molecule has 0 aromatic heterocycles. The zero-order chi connectivity index (χ0) is 14.7. The smallest absolute Gasteiger partial charge is 0.255 e. The molecule has 0 bridgehead atoms. The zero-order valence-electron chi connectivity index (χ0n) is 11.1. The number of phenolic OH excluding ortho intramolecular Hbond substituents is 1. The van der Waals surface area contributed by atoms with Gasteiger partial charge in [0.1, 0.15) is 12.0 Å². The Morgan fingerprint density at radius 3 is 2.90 bits per heavy atom. The summed E-state index contributed by atoms with van der Waals surface area (Å²) in [5.74, 6) is -0.414.